The number of hydrogen-bond acceptors (Lipinski definition) is 5. The summed E-state index contributed by atoms with van der Waals surface area (Å²) in [6, 6.07) is -0.882. The number of hydrogen-bond donors (Lipinski definition) is 2. The number of nitrogens with one attached hydrogen (secondary N) is 1. The minimum absolute atomic E-state index is 0.0306. The highest BCUT2D eigenvalue weighted by Gasteiger charge is 2.31. The number of rotatable bonds is 7. The SMILES string of the molecule is CCOC(=O)C[C@@H](C)[C@H](NC(=O)[C@@H]1CCOC1)C(N)=O. The van der Waals surface area contributed by atoms with Crippen LogP contribution in [0.4, 0.5) is 0 Å². The molecule has 1 aliphatic rings. The summed E-state index contributed by atoms with van der Waals surface area (Å²) < 4.78 is 9.95. The zero-order valence-electron chi connectivity index (χ0n) is 11.9. The maximum atomic E-state index is 12.0. The molecule has 2 amide bonds. The second kappa shape index (κ2) is 7.84. The average Bonchev–Trinajstić information content (AvgIpc) is 2.89. The van der Waals surface area contributed by atoms with Crippen LogP contribution in [0.3, 0.4) is 0 Å². The monoisotopic (exact) mass is 286 g/mol. The van der Waals surface area contributed by atoms with Gasteiger partial charge in [-0.05, 0) is 19.3 Å². The van der Waals surface area contributed by atoms with Crippen molar-refractivity contribution in [2.75, 3.05) is 19.8 Å². The Morgan fingerprint density at radius 1 is 1.45 bits per heavy atom. The lowest BCUT2D eigenvalue weighted by atomic mass is 9.96. The lowest BCUT2D eigenvalue weighted by Gasteiger charge is -2.23. The van der Waals surface area contributed by atoms with Gasteiger partial charge in [0.05, 0.1) is 25.6 Å². The number of nitrogens with two attached hydrogens (primary N) is 1. The van der Waals surface area contributed by atoms with Gasteiger partial charge in [-0.2, -0.15) is 0 Å². The predicted octanol–water partition coefficient (Wildman–Crippen LogP) is -0.418. The van der Waals surface area contributed by atoms with E-state index in [-0.39, 0.29) is 24.9 Å². The largest absolute Gasteiger partial charge is 0.466 e. The molecule has 1 fully saturated rings. The molecule has 1 saturated heterocycles. The van der Waals surface area contributed by atoms with E-state index < -0.39 is 23.8 Å². The lowest BCUT2D eigenvalue weighted by Crippen LogP contribution is -2.50. The third kappa shape index (κ3) is 4.80. The van der Waals surface area contributed by atoms with Crippen LogP contribution < -0.4 is 11.1 Å². The summed E-state index contributed by atoms with van der Waals surface area (Å²) in [5.74, 6) is -2.01. The van der Waals surface area contributed by atoms with Gasteiger partial charge in [0.25, 0.3) is 0 Å². The van der Waals surface area contributed by atoms with Gasteiger partial charge in [-0.1, -0.05) is 6.92 Å². The minimum atomic E-state index is -0.882. The maximum Gasteiger partial charge on any atom is 0.306 e. The average molecular weight is 286 g/mol. The Kier molecular flexibility index (Phi) is 6.44. The number of amides is 2. The Hall–Kier alpha value is -1.63. The lowest BCUT2D eigenvalue weighted by molar-refractivity contribution is -0.145. The zero-order chi connectivity index (χ0) is 15.1. The van der Waals surface area contributed by atoms with Crippen LogP contribution in [0.5, 0.6) is 0 Å². The summed E-state index contributed by atoms with van der Waals surface area (Å²) in [7, 11) is 0. The highest BCUT2D eigenvalue weighted by Crippen LogP contribution is 2.15. The number of primary amides is 1. The van der Waals surface area contributed by atoms with Crippen molar-refractivity contribution >= 4 is 17.8 Å². The number of carbonyl (C=O) groups is 3. The van der Waals surface area contributed by atoms with Crippen LogP contribution in [-0.2, 0) is 23.9 Å². The standard InChI is InChI=1S/C13H22N2O5/c1-3-20-10(16)6-8(2)11(12(14)17)15-13(18)9-4-5-19-7-9/h8-9,11H,3-7H2,1-2H3,(H2,14,17)(H,15,18)/t8-,9-,11+/m1/s1. The highest BCUT2D eigenvalue weighted by atomic mass is 16.5. The van der Waals surface area contributed by atoms with Crippen molar-refractivity contribution < 1.29 is 23.9 Å². The van der Waals surface area contributed by atoms with Gasteiger partial charge in [0.1, 0.15) is 6.04 Å². The van der Waals surface area contributed by atoms with E-state index in [4.69, 9.17) is 15.2 Å². The molecule has 0 saturated carbocycles. The number of carbonyl (C=O) groups excluding carboxylic acids is 3. The Balaban J connectivity index is 2.56. The van der Waals surface area contributed by atoms with Crippen molar-refractivity contribution in [2.45, 2.75) is 32.7 Å². The number of esters is 1. The first-order valence-corrected chi connectivity index (χ1v) is 6.78. The molecule has 7 heteroatoms. The fourth-order valence-electron chi connectivity index (χ4n) is 2.11. The van der Waals surface area contributed by atoms with Crippen LogP contribution in [-0.4, -0.2) is 43.6 Å². The highest BCUT2D eigenvalue weighted by molar-refractivity contribution is 5.88. The van der Waals surface area contributed by atoms with E-state index in [9.17, 15) is 14.4 Å². The molecule has 20 heavy (non-hydrogen) atoms. The molecule has 0 aromatic carbocycles. The van der Waals surface area contributed by atoms with E-state index in [1.54, 1.807) is 13.8 Å². The van der Waals surface area contributed by atoms with Crippen LogP contribution in [0.15, 0.2) is 0 Å². The predicted molar refractivity (Wildman–Crippen MR) is 70.5 cm³/mol. The molecule has 3 N–H and O–H groups in total. The first-order chi connectivity index (χ1) is 9.45. The molecule has 1 aliphatic heterocycles. The van der Waals surface area contributed by atoms with Crippen molar-refractivity contribution in [1.29, 1.82) is 0 Å². The molecule has 1 heterocycles. The fourth-order valence-corrected chi connectivity index (χ4v) is 2.11. The van der Waals surface area contributed by atoms with Crippen molar-refractivity contribution in [3.63, 3.8) is 0 Å². The molecule has 3 atom stereocenters. The molecule has 0 radical (unpaired) electrons. The summed E-state index contributed by atoms with van der Waals surface area (Å²) in [5.41, 5.74) is 5.30. The van der Waals surface area contributed by atoms with E-state index in [1.807, 2.05) is 0 Å². The van der Waals surface area contributed by atoms with Gasteiger partial charge in [-0.25, -0.2) is 0 Å². The quantitative estimate of drug-likeness (QED) is 0.618. The van der Waals surface area contributed by atoms with Crippen molar-refractivity contribution in [1.82, 2.24) is 5.32 Å². The summed E-state index contributed by atoms with van der Waals surface area (Å²) in [6.07, 6.45) is 0.659. The summed E-state index contributed by atoms with van der Waals surface area (Å²) in [5, 5.41) is 2.60. The van der Waals surface area contributed by atoms with E-state index in [0.29, 0.717) is 19.6 Å². The molecule has 0 unspecified atom stereocenters. The first kappa shape index (κ1) is 16.4. The Morgan fingerprint density at radius 2 is 2.15 bits per heavy atom. The van der Waals surface area contributed by atoms with Crippen LogP contribution in [0, 0.1) is 11.8 Å². The smallest absolute Gasteiger partial charge is 0.306 e. The molecule has 0 aliphatic carbocycles. The fraction of sp³-hybridized carbons (Fsp3) is 0.769. The van der Waals surface area contributed by atoms with E-state index in [1.165, 1.54) is 0 Å². The molecule has 7 nitrogen and oxygen atoms in total. The second-order valence-electron chi connectivity index (χ2n) is 4.94. The summed E-state index contributed by atoms with van der Waals surface area (Å²) in [4.78, 5) is 34.8. The van der Waals surface area contributed by atoms with Gasteiger partial charge in [0.2, 0.25) is 11.8 Å². The topological polar surface area (TPSA) is 108 Å². The van der Waals surface area contributed by atoms with Crippen LogP contribution in [0.25, 0.3) is 0 Å². The third-order valence-electron chi connectivity index (χ3n) is 3.27. The molecule has 0 spiro atoms. The first-order valence-electron chi connectivity index (χ1n) is 6.78. The van der Waals surface area contributed by atoms with E-state index in [0.717, 1.165) is 0 Å². The molecule has 1 rings (SSSR count). The third-order valence-corrected chi connectivity index (χ3v) is 3.27. The Morgan fingerprint density at radius 3 is 2.65 bits per heavy atom. The second-order valence-corrected chi connectivity index (χ2v) is 4.94. The van der Waals surface area contributed by atoms with Gasteiger partial charge >= 0.3 is 5.97 Å². The summed E-state index contributed by atoms with van der Waals surface area (Å²) >= 11 is 0. The van der Waals surface area contributed by atoms with E-state index in [2.05, 4.69) is 5.32 Å². The Labute approximate surface area is 118 Å². The molecular weight excluding hydrogens is 264 g/mol. The Bertz CT molecular complexity index is 366. The van der Waals surface area contributed by atoms with Crippen LogP contribution in [0.1, 0.15) is 26.7 Å². The van der Waals surface area contributed by atoms with Gasteiger partial charge in [0.15, 0.2) is 0 Å². The van der Waals surface area contributed by atoms with Gasteiger partial charge in [0, 0.05) is 6.61 Å². The normalized spacial score (nSPS) is 21.0. The van der Waals surface area contributed by atoms with Gasteiger partial charge in [-0.15, -0.1) is 0 Å². The van der Waals surface area contributed by atoms with Crippen LogP contribution >= 0.6 is 0 Å². The van der Waals surface area contributed by atoms with Crippen molar-refractivity contribution in [2.24, 2.45) is 17.6 Å². The maximum absolute atomic E-state index is 12.0. The van der Waals surface area contributed by atoms with Crippen molar-refractivity contribution in [3.8, 4) is 0 Å². The van der Waals surface area contributed by atoms with Gasteiger partial charge in [-0.3, -0.25) is 14.4 Å². The zero-order valence-corrected chi connectivity index (χ0v) is 11.9. The summed E-state index contributed by atoms with van der Waals surface area (Å²) in [6.45, 7) is 4.55. The minimum Gasteiger partial charge on any atom is -0.466 e. The molecule has 0 aromatic rings. The van der Waals surface area contributed by atoms with Crippen molar-refractivity contribution in [3.05, 3.63) is 0 Å². The van der Waals surface area contributed by atoms with E-state index >= 15 is 0 Å². The van der Waals surface area contributed by atoms with Crippen LogP contribution in [0.2, 0.25) is 0 Å². The molecular formula is C13H22N2O5. The molecule has 0 aromatic heterocycles. The number of ether oxygens (including phenoxy) is 2. The molecule has 0 bridgehead atoms. The molecule has 114 valence electrons. The van der Waals surface area contributed by atoms with Gasteiger partial charge < -0.3 is 20.5 Å².